The number of nitrogens with one attached hydrogen (secondary N) is 1. The van der Waals surface area contributed by atoms with Gasteiger partial charge in [-0.15, -0.1) is 0 Å². The van der Waals surface area contributed by atoms with Crippen LogP contribution in [-0.4, -0.2) is 28.3 Å². The van der Waals surface area contributed by atoms with E-state index in [9.17, 15) is 0 Å². The molecule has 0 spiro atoms. The molecule has 1 N–H and O–H groups in total. The molecule has 2 rings (SSSR count). The molecule has 0 bridgehead atoms. The SMILES string of the molecule is CCNCc1nccn1CC1CCC(C)O1. The lowest BCUT2D eigenvalue weighted by Crippen LogP contribution is -2.21. The van der Waals surface area contributed by atoms with E-state index in [-0.39, 0.29) is 0 Å². The minimum Gasteiger partial charge on any atom is -0.373 e. The molecule has 1 aromatic heterocycles. The van der Waals surface area contributed by atoms with Crippen LogP contribution in [0.3, 0.4) is 0 Å². The Kier molecular flexibility index (Phi) is 3.96. The van der Waals surface area contributed by atoms with Gasteiger partial charge in [-0.3, -0.25) is 0 Å². The third kappa shape index (κ3) is 2.83. The zero-order valence-electron chi connectivity index (χ0n) is 10.1. The lowest BCUT2D eigenvalue weighted by Gasteiger charge is -2.14. The van der Waals surface area contributed by atoms with Crippen molar-refractivity contribution >= 4 is 0 Å². The summed E-state index contributed by atoms with van der Waals surface area (Å²) in [6.45, 7) is 7.00. The molecule has 1 aliphatic rings. The number of hydrogen-bond acceptors (Lipinski definition) is 3. The van der Waals surface area contributed by atoms with Crippen molar-refractivity contribution in [2.45, 2.75) is 52.0 Å². The van der Waals surface area contributed by atoms with Gasteiger partial charge in [0.2, 0.25) is 0 Å². The van der Waals surface area contributed by atoms with Crippen LogP contribution in [0.1, 0.15) is 32.5 Å². The molecule has 2 atom stereocenters. The molecule has 0 aliphatic carbocycles. The Morgan fingerprint density at radius 2 is 2.44 bits per heavy atom. The minimum absolute atomic E-state index is 0.365. The zero-order valence-corrected chi connectivity index (χ0v) is 10.1. The molecular weight excluding hydrogens is 202 g/mol. The number of ether oxygens (including phenoxy) is 1. The summed E-state index contributed by atoms with van der Waals surface area (Å²) in [7, 11) is 0. The van der Waals surface area contributed by atoms with Crippen LogP contribution in [-0.2, 0) is 17.8 Å². The fraction of sp³-hybridized carbons (Fsp3) is 0.750. The molecule has 0 radical (unpaired) electrons. The monoisotopic (exact) mass is 223 g/mol. The summed E-state index contributed by atoms with van der Waals surface area (Å²) < 4.78 is 8.02. The Hall–Kier alpha value is -0.870. The second-order valence-corrected chi connectivity index (χ2v) is 4.42. The van der Waals surface area contributed by atoms with Gasteiger partial charge in [0.05, 0.1) is 25.3 Å². The molecule has 4 nitrogen and oxygen atoms in total. The molecule has 1 aromatic rings. The highest BCUT2D eigenvalue weighted by Crippen LogP contribution is 2.20. The summed E-state index contributed by atoms with van der Waals surface area (Å²) >= 11 is 0. The summed E-state index contributed by atoms with van der Waals surface area (Å²) in [5.74, 6) is 1.10. The topological polar surface area (TPSA) is 39.1 Å². The van der Waals surface area contributed by atoms with Gasteiger partial charge < -0.3 is 14.6 Å². The summed E-state index contributed by atoms with van der Waals surface area (Å²) in [5.41, 5.74) is 0. The lowest BCUT2D eigenvalue weighted by molar-refractivity contribution is 0.0452. The quantitative estimate of drug-likeness (QED) is 0.823. The molecular formula is C12H21N3O. The molecule has 1 aliphatic heterocycles. The van der Waals surface area contributed by atoms with Gasteiger partial charge in [-0.05, 0) is 26.3 Å². The van der Waals surface area contributed by atoms with Crippen LogP contribution in [0.2, 0.25) is 0 Å². The maximum Gasteiger partial charge on any atom is 0.122 e. The fourth-order valence-electron chi connectivity index (χ4n) is 2.15. The Bertz CT molecular complexity index is 324. The van der Waals surface area contributed by atoms with Gasteiger partial charge >= 0.3 is 0 Å². The Morgan fingerprint density at radius 1 is 1.56 bits per heavy atom. The van der Waals surface area contributed by atoms with Gasteiger partial charge in [-0.2, -0.15) is 0 Å². The maximum atomic E-state index is 5.83. The van der Waals surface area contributed by atoms with E-state index < -0.39 is 0 Å². The van der Waals surface area contributed by atoms with Crippen LogP contribution in [0, 0.1) is 0 Å². The third-order valence-corrected chi connectivity index (χ3v) is 3.06. The highest BCUT2D eigenvalue weighted by molar-refractivity contribution is 4.93. The predicted molar refractivity (Wildman–Crippen MR) is 63.2 cm³/mol. The van der Waals surface area contributed by atoms with Crippen molar-refractivity contribution in [3.63, 3.8) is 0 Å². The summed E-state index contributed by atoms with van der Waals surface area (Å²) in [5, 5.41) is 3.30. The normalized spacial score (nSPS) is 25.1. The van der Waals surface area contributed by atoms with Crippen LogP contribution in [0.5, 0.6) is 0 Å². The molecule has 0 saturated carbocycles. The summed E-state index contributed by atoms with van der Waals surface area (Å²) in [6.07, 6.45) is 7.04. The smallest absolute Gasteiger partial charge is 0.122 e. The maximum absolute atomic E-state index is 5.83. The van der Waals surface area contributed by atoms with E-state index in [0.717, 1.165) is 25.5 Å². The predicted octanol–water partition coefficient (Wildman–Crippen LogP) is 1.56. The third-order valence-electron chi connectivity index (χ3n) is 3.06. The molecule has 16 heavy (non-hydrogen) atoms. The Balaban J connectivity index is 1.90. The number of imidazole rings is 1. The molecule has 2 heterocycles. The van der Waals surface area contributed by atoms with Gasteiger partial charge in [-0.25, -0.2) is 4.98 Å². The van der Waals surface area contributed by atoms with Crippen LogP contribution in [0.15, 0.2) is 12.4 Å². The van der Waals surface area contributed by atoms with Gasteiger partial charge in [0, 0.05) is 12.4 Å². The Labute approximate surface area is 97.0 Å². The number of hydrogen-bond donors (Lipinski definition) is 1. The standard InChI is InChI=1S/C12H21N3O/c1-3-13-8-12-14-6-7-15(12)9-11-5-4-10(2)16-11/h6-7,10-11,13H,3-5,8-9H2,1-2H3. The van der Waals surface area contributed by atoms with E-state index in [1.165, 1.54) is 12.8 Å². The number of rotatable bonds is 5. The second kappa shape index (κ2) is 5.46. The molecule has 90 valence electrons. The van der Waals surface area contributed by atoms with Crippen molar-refractivity contribution in [1.29, 1.82) is 0 Å². The van der Waals surface area contributed by atoms with E-state index in [1.54, 1.807) is 0 Å². The molecule has 0 amide bonds. The van der Waals surface area contributed by atoms with Crippen LogP contribution in [0.25, 0.3) is 0 Å². The van der Waals surface area contributed by atoms with Gasteiger partial charge in [0.25, 0.3) is 0 Å². The first-order valence-electron chi connectivity index (χ1n) is 6.15. The van der Waals surface area contributed by atoms with E-state index in [4.69, 9.17) is 4.74 Å². The summed E-state index contributed by atoms with van der Waals surface area (Å²) in [6, 6.07) is 0. The van der Waals surface area contributed by atoms with Crippen molar-refractivity contribution < 1.29 is 4.74 Å². The highest BCUT2D eigenvalue weighted by atomic mass is 16.5. The van der Waals surface area contributed by atoms with E-state index in [1.807, 2.05) is 12.4 Å². The highest BCUT2D eigenvalue weighted by Gasteiger charge is 2.22. The van der Waals surface area contributed by atoms with E-state index >= 15 is 0 Å². The fourth-order valence-corrected chi connectivity index (χ4v) is 2.15. The largest absolute Gasteiger partial charge is 0.373 e. The number of aromatic nitrogens is 2. The first-order chi connectivity index (χ1) is 7.79. The summed E-state index contributed by atoms with van der Waals surface area (Å²) in [4.78, 5) is 4.36. The number of nitrogens with zero attached hydrogens (tertiary/aromatic N) is 2. The average molecular weight is 223 g/mol. The first kappa shape index (κ1) is 11.6. The molecule has 4 heteroatoms. The van der Waals surface area contributed by atoms with Gasteiger partial charge in [0.15, 0.2) is 0 Å². The van der Waals surface area contributed by atoms with Crippen molar-refractivity contribution in [1.82, 2.24) is 14.9 Å². The van der Waals surface area contributed by atoms with Crippen molar-refractivity contribution in [3.05, 3.63) is 18.2 Å². The van der Waals surface area contributed by atoms with Crippen molar-refractivity contribution in [3.8, 4) is 0 Å². The molecule has 2 unspecified atom stereocenters. The van der Waals surface area contributed by atoms with E-state index in [2.05, 4.69) is 28.7 Å². The second-order valence-electron chi connectivity index (χ2n) is 4.42. The van der Waals surface area contributed by atoms with Gasteiger partial charge in [-0.1, -0.05) is 6.92 Å². The van der Waals surface area contributed by atoms with Crippen LogP contribution >= 0.6 is 0 Å². The first-order valence-corrected chi connectivity index (χ1v) is 6.15. The molecule has 1 saturated heterocycles. The van der Waals surface area contributed by atoms with Crippen LogP contribution < -0.4 is 5.32 Å². The van der Waals surface area contributed by atoms with E-state index in [0.29, 0.717) is 12.2 Å². The van der Waals surface area contributed by atoms with Crippen molar-refractivity contribution in [2.75, 3.05) is 6.54 Å². The zero-order chi connectivity index (χ0) is 11.4. The average Bonchev–Trinajstić information content (AvgIpc) is 2.86. The van der Waals surface area contributed by atoms with Gasteiger partial charge in [0.1, 0.15) is 5.82 Å². The lowest BCUT2D eigenvalue weighted by atomic mass is 10.2. The molecule has 0 aromatic carbocycles. The molecule has 1 fully saturated rings. The Morgan fingerprint density at radius 3 is 3.12 bits per heavy atom. The van der Waals surface area contributed by atoms with Crippen molar-refractivity contribution in [2.24, 2.45) is 0 Å². The van der Waals surface area contributed by atoms with Crippen LogP contribution in [0.4, 0.5) is 0 Å². The minimum atomic E-state index is 0.365.